The summed E-state index contributed by atoms with van der Waals surface area (Å²) in [6.45, 7) is 6.18. The van der Waals surface area contributed by atoms with Crippen molar-refractivity contribution in [2.45, 2.75) is 26.9 Å². The molecular formula is C20H28IN3O. The van der Waals surface area contributed by atoms with Crippen LogP contribution in [0.3, 0.4) is 0 Å². The number of hydrogen-bond acceptors (Lipinski definition) is 2. The van der Waals surface area contributed by atoms with Gasteiger partial charge in [-0.05, 0) is 35.6 Å². The standard InChI is InChI=1S/C20H27N3O.HI/c1-3-17-10-7-11-19(12-17)23-20(21)22-13-16(2)14-24-15-18-8-5-4-6-9-18;/h4-12,16H,3,13-15H2,1-2H3,(H3,21,22,23);1H. The highest BCUT2D eigenvalue weighted by Crippen LogP contribution is 2.10. The van der Waals surface area contributed by atoms with Crippen molar-refractivity contribution < 1.29 is 4.74 Å². The van der Waals surface area contributed by atoms with Gasteiger partial charge in [-0.3, -0.25) is 4.99 Å². The number of anilines is 1. The van der Waals surface area contributed by atoms with E-state index >= 15 is 0 Å². The lowest BCUT2D eigenvalue weighted by molar-refractivity contribution is 0.0945. The number of rotatable bonds is 8. The van der Waals surface area contributed by atoms with Gasteiger partial charge in [-0.1, -0.05) is 56.3 Å². The summed E-state index contributed by atoms with van der Waals surface area (Å²) in [5, 5.41) is 3.14. The summed E-state index contributed by atoms with van der Waals surface area (Å²) in [5.74, 6) is 0.759. The second-order valence-corrected chi connectivity index (χ2v) is 6.01. The summed E-state index contributed by atoms with van der Waals surface area (Å²) in [6, 6.07) is 18.4. The second-order valence-electron chi connectivity index (χ2n) is 6.01. The summed E-state index contributed by atoms with van der Waals surface area (Å²) in [4.78, 5) is 4.40. The van der Waals surface area contributed by atoms with Gasteiger partial charge in [0.1, 0.15) is 0 Å². The first kappa shape index (κ1) is 21.4. The van der Waals surface area contributed by atoms with Crippen LogP contribution in [0.25, 0.3) is 0 Å². The molecule has 136 valence electrons. The minimum Gasteiger partial charge on any atom is -0.376 e. The maximum atomic E-state index is 5.96. The number of nitrogens with zero attached hydrogens (tertiary/aromatic N) is 1. The van der Waals surface area contributed by atoms with Gasteiger partial charge in [-0.25, -0.2) is 0 Å². The molecule has 0 bridgehead atoms. The van der Waals surface area contributed by atoms with Crippen LogP contribution in [0.4, 0.5) is 5.69 Å². The van der Waals surface area contributed by atoms with E-state index in [-0.39, 0.29) is 24.0 Å². The SMILES string of the molecule is CCc1cccc(NC(N)=NCC(C)COCc2ccccc2)c1.I. The molecule has 5 heteroatoms. The minimum absolute atomic E-state index is 0. The van der Waals surface area contributed by atoms with Crippen LogP contribution in [0.2, 0.25) is 0 Å². The van der Waals surface area contributed by atoms with Gasteiger partial charge in [0.2, 0.25) is 0 Å². The Kier molecular flexibility index (Phi) is 10.2. The highest BCUT2D eigenvalue weighted by Gasteiger charge is 2.03. The third-order valence-electron chi connectivity index (χ3n) is 3.69. The van der Waals surface area contributed by atoms with E-state index in [9.17, 15) is 0 Å². The number of benzene rings is 2. The molecule has 0 heterocycles. The van der Waals surface area contributed by atoms with E-state index < -0.39 is 0 Å². The second kappa shape index (κ2) is 11.9. The molecule has 2 aromatic rings. The number of nitrogens with two attached hydrogens (primary N) is 1. The Morgan fingerprint density at radius 1 is 1.12 bits per heavy atom. The van der Waals surface area contributed by atoms with Gasteiger partial charge < -0.3 is 15.8 Å². The summed E-state index contributed by atoms with van der Waals surface area (Å²) in [7, 11) is 0. The molecule has 3 N–H and O–H groups in total. The predicted molar refractivity (Wildman–Crippen MR) is 117 cm³/mol. The van der Waals surface area contributed by atoms with Gasteiger partial charge in [0.25, 0.3) is 0 Å². The molecule has 1 atom stereocenters. The van der Waals surface area contributed by atoms with Crippen molar-refractivity contribution in [3.05, 3.63) is 65.7 Å². The highest BCUT2D eigenvalue weighted by atomic mass is 127. The van der Waals surface area contributed by atoms with E-state index in [4.69, 9.17) is 10.5 Å². The number of aliphatic imine (C=N–C) groups is 1. The monoisotopic (exact) mass is 453 g/mol. The molecular weight excluding hydrogens is 425 g/mol. The lowest BCUT2D eigenvalue weighted by atomic mass is 10.1. The molecule has 25 heavy (non-hydrogen) atoms. The van der Waals surface area contributed by atoms with E-state index in [0.717, 1.165) is 12.1 Å². The fourth-order valence-electron chi connectivity index (χ4n) is 2.32. The van der Waals surface area contributed by atoms with Gasteiger partial charge in [0, 0.05) is 12.2 Å². The largest absolute Gasteiger partial charge is 0.376 e. The van der Waals surface area contributed by atoms with Crippen LogP contribution in [-0.4, -0.2) is 19.1 Å². The molecule has 0 saturated carbocycles. The Hall–Kier alpha value is -1.60. The molecule has 0 spiro atoms. The first-order valence-electron chi connectivity index (χ1n) is 8.45. The Labute approximate surface area is 167 Å². The number of guanidine groups is 1. The Bertz CT molecular complexity index is 646. The first-order chi connectivity index (χ1) is 11.7. The van der Waals surface area contributed by atoms with Crippen molar-refractivity contribution in [3.63, 3.8) is 0 Å². The third-order valence-corrected chi connectivity index (χ3v) is 3.69. The summed E-state index contributed by atoms with van der Waals surface area (Å²) in [5.41, 5.74) is 9.40. The van der Waals surface area contributed by atoms with Crippen molar-refractivity contribution in [1.29, 1.82) is 0 Å². The number of aryl methyl sites for hydroxylation is 1. The fourth-order valence-corrected chi connectivity index (χ4v) is 2.32. The average Bonchev–Trinajstić information content (AvgIpc) is 2.61. The molecule has 0 saturated heterocycles. The molecule has 0 radical (unpaired) electrons. The van der Waals surface area contributed by atoms with Gasteiger partial charge in [0.05, 0.1) is 13.2 Å². The summed E-state index contributed by atoms with van der Waals surface area (Å²) < 4.78 is 5.73. The minimum atomic E-state index is 0. The Morgan fingerprint density at radius 3 is 2.56 bits per heavy atom. The van der Waals surface area contributed by atoms with E-state index in [1.165, 1.54) is 11.1 Å². The number of ether oxygens (including phenoxy) is 1. The molecule has 0 aliphatic carbocycles. The fraction of sp³-hybridized carbons (Fsp3) is 0.350. The predicted octanol–water partition coefficient (Wildman–Crippen LogP) is 4.45. The molecule has 0 aromatic heterocycles. The van der Waals surface area contributed by atoms with Crippen molar-refractivity contribution in [2.24, 2.45) is 16.6 Å². The average molecular weight is 453 g/mol. The molecule has 4 nitrogen and oxygen atoms in total. The number of halogens is 1. The molecule has 0 fully saturated rings. The van der Waals surface area contributed by atoms with Gasteiger partial charge >= 0.3 is 0 Å². The van der Waals surface area contributed by atoms with Crippen LogP contribution in [0.1, 0.15) is 25.0 Å². The van der Waals surface area contributed by atoms with Crippen molar-refractivity contribution in [3.8, 4) is 0 Å². The normalized spacial score (nSPS) is 12.3. The summed E-state index contributed by atoms with van der Waals surface area (Å²) in [6.07, 6.45) is 1.00. The van der Waals surface area contributed by atoms with E-state index in [2.05, 4.69) is 48.4 Å². The quantitative estimate of drug-likeness (QED) is 0.353. The lowest BCUT2D eigenvalue weighted by Gasteiger charge is -2.11. The Balaban J connectivity index is 0.00000312. The molecule has 0 aliphatic heterocycles. The van der Waals surface area contributed by atoms with Gasteiger partial charge in [-0.2, -0.15) is 0 Å². The van der Waals surface area contributed by atoms with Crippen LogP contribution in [0.5, 0.6) is 0 Å². The van der Waals surface area contributed by atoms with Crippen LogP contribution in [-0.2, 0) is 17.8 Å². The van der Waals surface area contributed by atoms with Crippen LogP contribution < -0.4 is 11.1 Å². The maximum absolute atomic E-state index is 5.96. The first-order valence-corrected chi connectivity index (χ1v) is 8.45. The smallest absolute Gasteiger partial charge is 0.193 e. The van der Waals surface area contributed by atoms with E-state index in [0.29, 0.717) is 31.6 Å². The third kappa shape index (κ3) is 8.36. The van der Waals surface area contributed by atoms with Crippen molar-refractivity contribution in [1.82, 2.24) is 0 Å². The summed E-state index contributed by atoms with van der Waals surface area (Å²) >= 11 is 0. The van der Waals surface area contributed by atoms with E-state index in [1.54, 1.807) is 0 Å². The lowest BCUT2D eigenvalue weighted by Crippen LogP contribution is -2.24. The molecule has 2 aromatic carbocycles. The van der Waals surface area contributed by atoms with Crippen molar-refractivity contribution in [2.75, 3.05) is 18.5 Å². The molecule has 0 amide bonds. The van der Waals surface area contributed by atoms with Crippen molar-refractivity contribution >= 4 is 35.6 Å². The topological polar surface area (TPSA) is 59.6 Å². The van der Waals surface area contributed by atoms with Crippen LogP contribution >= 0.6 is 24.0 Å². The van der Waals surface area contributed by atoms with Crippen LogP contribution in [0.15, 0.2) is 59.6 Å². The zero-order valence-electron chi connectivity index (χ0n) is 14.9. The molecule has 2 rings (SSSR count). The zero-order chi connectivity index (χ0) is 17.2. The number of nitrogens with one attached hydrogen (secondary N) is 1. The molecule has 0 aliphatic rings. The molecule has 1 unspecified atom stereocenters. The maximum Gasteiger partial charge on any atom is 0.193 e. The number of hydrogen-bond donors (Lipinski definition) is 2. The van der Waals surface area contributed by atoms with E-state index in [1.807, 2.05) is 30.3 Å². The highest BCUT2D eigenvalue weighted by molar-refractivity contribution is 14.0. The van der Waals surface area contributed by atoms with Gasteiger partial charge in [0.15, 0.2) is 5.96 Å². The van der Waals surface area contributed by atoms with Gasteiger partial charge in [-0.15, -0.1) is 24.0 Å². The van der Waals surface area contributed by atoms with Crippen LogP contribution in [0, 0.1) is 5.92 Å². The zero-order valence-corrected chi connectivity index (χ0v) is 17.3. The Morgan fingerprint density at radius 2 is 1.84 bits per heavy atom.